The molecular formula is C16H20F2N2S. The van der Waals surface area contributed by atoms with Gasteiger partial charge >= 0.3 is 0 Å². The fraction of sp³-hybridized carbons (Fsp3) is 0.375. The lowest BCUT2D eigenvalue weighted by molar-refractivity contribution is 0.569. The van der Waals surface area contributed by atoms with Crippen LogP contribution in [0.15, 0.2) is 29.0 Å². The maximum absolute atomic E-state index is 14.2. The molecule has 0 spiro atoms. The molecule has 2 aromatic rings. The Morgan fingerprint density at radius 1 is 1.19 bits per heavy atom. The van der Waals surface area contributed by atoms with Crippen LogP contribution in [-0.4, -0.2) is 13.6 Å². The molecule has 0 aliphatic carbocycles. The van der Waals surface area contributed by atoms with Crippen molar-refractivity contribution in [2.24, 2.45) is 0 Å². The lowest BCUT2D eigenvalue weighted by Gasteiger charge is -2.20. The van der Waals surface area contributed by atoms with Gasteiger partial charge in [0.25, 0.3) is 0 Å². The van der Waals surface area contributed by atoms with Crippen molar-refractivity contribution in [3.63, 3.8) is 0 Å². The number of anilines is 1. The third-order valence-corrected chi connectivity index (χ3v) is 3.95. The number of nitrogens with one attached hydrogen (secondary N) is 1. The Hall–Kier alpha value is -1.46. The molecule has 1 aromatic heterocycles. The number of halogens is 2. The van der Waals surface area contributed by atoms with Gasteiger partial charge < -0.3 is 10.2 Å². The van der Waals surface area contributed by atoms with E-state index in [4.69, 9.17) is 0 Å². The van der Waals surface area contributed by atoms with Crippen molar-refractivity contribution < 1.29 is 8.78 Å². The van der Waals surface area contributed by atoms with Crippen LogP contribution < -0.4 is 10.2 Å². The molecule has 21 heavy (non-hydrogen) atoms. The predicted molar refractivity (Wildman–Crippen MR) is 84.8 cm³/mol. The third-order valence-electron chi connectivity index (χ3n) is 3.21. The molecule has 0 fully saturated rings. The first-order valence-corrected chi connectivity index (χ1v) is 7.97. The first-order chi connectivity index (χ1) is 10.1. The Kier molecular flexibility index (Phi) is 5.70. The number of hydrogen-bond donors (Lipinski definition) is 1. The molecule has 0 aliphatic rings. The molecule has 0 aliphatic heterocycles. The van der Waals surface area contributed by atoms with Crippen molar-refractivity contribution in [2.75, 3.05) is 18.5 Å². The predicted octanol–water partition coefficient (Wildman–Crippen LogP) is 4.16. The fourth-order valence-electron chi connectivity index (χ4n) is 2.23. The number of hydrogen-bond acceptors (Lipinski definition) is 3. The molecule has 0 unspecified atom stereocenters. The minimum absolute atomic E-state index is 0.0282. The third kappa shape index (κ3) is 4.25. The number of rotatable bonds is 7. The van der Waals surface area contributed by atoms with E-state index >= 15 is 0 Å². The molecule has 0 atom stereocenters. The Labute approximate surface area is 128 Å². The zero-order chi connectivity index (χ0) is 15.2. The molecule has 114 valence electrons. The first-order valence-electron chi connectivity index (χ1n) is 7.02. The molecule has 0 bridgehead atoms. The van der Waals surface area contributed by atoms with Crippen LogP contribution in [0.5, 0.6) is 0 Å². The molecule has 5 heteroatoms. The zero-order valence-electron chi connectivity index (χ0n) is 12.3. The average molecular weight is 310 g/mol. The summed E-state index contributed by atoms with van der Waals surface area (Å²) < 4.78 is 28.4. The van der Waals surface area contributed by atoms with Crippen molar-refractivity contribution >= 4 is 17.0 Å². The highest BCUT2D eigenvalue weighted by molar-refractivity contribution is 7.07. The molecule has 0 saturated heterocycles. The normalized spacial score (nSPS) is 10.9. The highest BCUT2D eigenvalue weighted by Crippen LogP contribution is 2.25. The molecular weight excluding hydrogens is 290 g/mol. The average Bonchev–Trinajstić information content (AvgIpc) is 2.91. The van der Waals surface area contributed by atoms with E-state index in [9.17, 15) is 8.78 Å². The Morgan fingerprint density at radius 2 is 1.90 bits per heavy atom. The van der Waals surface area contributed by atoms with Gasteiger partial charge in [0.15, 0.2) is 0 Å². The maximum atomic E-state index is 14.2. The largest absolute Gasteiger partial charge is 0.365 e. The van der Waals surface area contributed by atoms with Crippen molar-refractivity contribution in [3.8, 4) is 0 Å². The number of thiophene rings is 1. The van der Waals surface area contributed by atoms with E-state index in [-0.39, 0.29) is 5.69 Å². The molecule has 1 aromatic carbocycles. The van der Waals surface area contributed by atoms with Crippen LogP contribution in [0.25, 0.3) is 0 Å². The van der Waals surface area contributed by atoms with Gasteiger partial charge in [-0.2, -0.15) is 11.3 Å². The van der Waals surface area contributed by atoms with E-state index in [0.29, 0.717) is 18.7 Å². The van der Waals surface area contributed by atoms with Crippen molar-refractivity contribution in [3.05, 3.63) is 51.7 Å². The second-order valence-electron chi connectivity index (χ2n) is 5.07. The summed E-state index contributed by atoms with van der Waals surface area (Å²) in [4.78, 5) is 1.61. The molecule has 1 heterocycles. The second-order valence-corrected chi connectivity index (χ2v) is 5.85. The lowest BCUT2D eigenvalue weighted by atomic mass is 10.1. The molecule has 2 nitrogen and oxygen atoms in total. The van der Waals surface area contributed by atoms with Crippen LogP contribution in [0.4, 0.5) is 14.5 Å². The van der Waals surface area contributed by atoms with Gasteiger partial charge in [0.05, 0.1) is 0 Å². The Bertz CT molecular complexity index is 547. The zero-order valence-corrected chi connectivity index (χ0v) is 13.1. The van der Waals surface area contributed by atoms with Gasteiger partial charge in [-0.15, -0.1) is 0 Å². The number of benzene rings is 1. The standard InChI is InChI=1S/C16H20F2N2S/c1-3-5-19-9-13-7-14(17)16(15(18)8-13)20(2)10-12-4-6-21-11-12/h4,6-8,11,19H,3,5,9-10H2,1-2H3. The molecule has 1 N–H and O–H groups in total. The summed E-state index contributed by atoms with van der Waals surface area (Å²) in [5, 5.41) is 7.08. The monoisotopic (exact) mass is 310 g/mol. The molecule has 0 saturated carbocycles. The summed E-state index contributed by atoms with van der Waals surface area (Å²) in [6.45, 7) is 3.86. The topological polar surface area (TPSA) is 15.3 Å². The second kappa shape index (κ2) is 7.52. The molecule has 0 amide bonds. The summed E-state index contributed by atoms with van der Waals surface area (Å²) in [7, 11) is 1.70. The minimum Gasteiger partial charge on any atom is -0.365 e. The highest BCUT2D eigenvalue weighted by Gasteiger charge is 2.15. The van der Waals surface area contributed by atoms with E-state index < -0.39 is 11.6 Å². The van der Waals surface area contributed by atoms with Gasteiger partial charge in [0.1, 0.15) is 17.3 Å². The smallest absolute Gasteiger partial charge is 0.149 e. The summed E-state index contributed by atoms with van der Waals surface area (Å²) in [5.41, 5.74) is 1.71. The van der Waals surface area contributed by atoms with Gasteiger partial charge in [-0.1, -0.05) is 6.92 Å². The van der Waals surface area contributed by atoms with E-state index in [1.165, 1.54) is 12.1 Å². The van der Waals surface area contributed by atoms with Crippen molar-refractivity contribution in [1.82, 2.24) is 5.32 Å². The fourth-order valence-corrected chi connectivity index (χ4v) is 2.89. The minimum atomic E-state index is -0.513. The SMILES string of the molecule is CCCNCc1cc(F)c(N(C)Cc2ccsc2)c(F)c1. The van der Waals surface area contributed by atoms with Gasteiger partial charge in [-0.3, -0.25) is 0 Å². The van der Waals surface area contributed by atoms with Gasteiger partial charge in [0.2, 0.25) is 0 Å². The lowest BCUT2D eigenvalue weighted by Crippen LogP contribution is -2.20. The summed E-state index contributed by atoms with van der Waals surface area (Å²) >= 11 is 1.58. The first kappa shape index (κ1) is 15.9. The van der Waals surface area contributed by atoms with Crippen LogP contribution in [0.2, 0.25) is 0 Å². The molecule has 2 rings (SSSR count). The van der Waals surface area contributed by atoms with Gasteiger partial charge in [-0.05, 0) is 53.1 Å². The summed E-state index contributed by atoms with van der Waals surface area (Å²) in [6, 6.07) is 4.77. The van der Waals surface area contributed by atoms with Crippen LogP contribution in [0.1, 0.15) is 24.5 Å². The quantitative estimate of drug-likeness (QED) is 0.772. The van der Waals surface area contributed by atoms with Gasteiger partial charge in [-0.25, -0.2) is 8.78 Å². The van der Waals surface area contributed by atoms with Crippen LogP contribution in [0, 0.1) is 11.6 Å². The highest BCUT2D eigenvalue weighted by atomic mass is 32.1. The van der Waals surface area contributed by atoms with E-state index in [0.717, 1.165) is 18.5 Å². The molecule has 0 radical (unpaired) electrons. The van der Waals surface area contributed by atoms with Crippen molar-refractivity contribution in [1.29, 1.82) is 0 Å². The van der Waals surface area contributed by atoms with E-state index in [1.54, 1.807) is 23.3 Å². The summed E-state index contributed by atoms with van der Waals surface area (Å²) in [5.74, 6) is -1.03. The maximum Gasteiger partial charge on any atom is 0.149 e. The van der Waals surface area contributed by atoms with Crippen LogP contribution in [-0.2, 0) is 13.1 Å². The Balaban J connectivity index is 2.12. The van der Waals surface area contributed by atoms with E-state index in [1.807, 2.05) is 16.8 Å². The van der Waals surface area contributed by atoms with E-state index in [2.05, 4.69) is 12.2 Å². The van der Waals surface area contributed by atoms with Crippen LogP contribution >= 0.6 is 11.3 Å². The summed E-state index contributed by atoms with van der Waals surface area (Å²) in [6.07, 6.45) is 0.992. The van der Waals surface area contributed by atoms with Gasteiger partial charge in [0, 0.05) is 20.1 Å². The Morgan fingerprint density at radius 3 is 2.48 bits per heavy atom. The van der Waals surface area contributed by atoms with Crippen LogP contribution in [0.3, 0.4) is 0 Å². The van der Waals surface area contributed by atoms with Crippen molar-refractivity contribution in [2.45, 2.75) is 26.4 Å². The number of nitrogens with zero attached hydrogens (tertiary/aromatic N) is 1.